The van der Waals surface area contributed by atoms with E-state index < -0.39 is 0 Å². The van der Waals surface area contributed by atoms with Gasteiger partial charge in [-0.15, -0.1) is 10.2 Å². The van der Waals surface area contributed by atoms with Crippen molar-refractivity contribution in [3.05, 3.63) is 30.1 Å². The number of amides is 1. The highest BCUT2D eigenvalue weighted by molar-refractivity contribution is 7.19. The molecule has 0 fully saturated rings. The molecule has 0 spiro atoms. The molecular formula is C14H15N5OS. The Bertz CT molecular complexity index is 805. The Morgan fingerprint density at radius 2 is 2.14 bits per heavy atom. The predicted molar refractivity (Wildman–Crippen MR) is 82.3 cm³/mol. The van der Waals surface area contributed by atoms with Gasteiger partial charge in [-0.25, -0.2) is 0 Å². The molecule has 0 aliphatic heterocycles. The summed E-state index contributed by atoms with van der Waals surface area (Å²) >= 11 is 1.47. The number of anilines is 1. The van der Waals surface area contributed by atoms with Gasteiger partial charge in [-0.2, -0.15) is 9.61 Å². The lowest BCUT2D eigenvalue weighted by atomic mass is 10.1. The Morgan fingerprint density at radius 3 is 2.86 bits per heavy atom. The van der Waals surface area contributed by atoms with Crippen LogP contribution in [0.3, 0.4) is 0 Å². The number of benzene rings is 1. The van der Waals surface area contributed by atoms with E-state index in [2.05, 4.69) is 20.6 Å². The molecule has 6 nitrogen and oxygen atoms in total. The molecule has 3 aromatic rings. The number of carbonyl (C=O) groups is 1. The quantitative estimate of drug-likeness (QED) is 0.807. The largest absolute Gasteiger partial charge is 0.326 e. The zero-order valence-corrected chi connectivity index (χ0v) is 12.8. The Labute approximate surface area is 125 Å². The summed E-state index contributed by atoms with van der Waals surface area (Å²) in [4.78, 5) is 12.5. The first-order valence-electron chi connectivity index (χ1n) is 6.65. The van der Waals surface area contributed by atoms with Crippen molar-refractivity contribution in [3.8, 4) is 10.6 Å². The van der Waals surface area contributed by atoms with Gasteiger partial charge in [0.05, 0.1) is 0 Å². The van der Waals surface area contributed by atoms with E-state index in [9.17, 15) is 4.79 Å². The Morgan fingerprint density at radius 1 is 1.33 bits per heavy atom. The number of fused-ring (bicyclic) bond motifs is 1. The minimum absolute atomic E-state index is 0.00105. The van der Waals surface area contributed by atoms with Crippen LogP contribution in [0.4, 0.5) is 5.69 Å². The molecular weight excluding hydrogens is 286 g/mol. The van der Waals surface area contributed by atoms with Crippen LogP contribution < -0.4 is 5.32 Å². The lowest BCUT2D eigenvalue weighted by Crippen LogP contribution is -2.17. The van der Waals surface area contributed by atoms with Gasteiger partial charge in [0.1, 0.15) is 5.01 Å². The van der Waals surface area contributed by atoms with E-state index in [-0.39, 0.29) is 11.8 Å². The Hall–Kier alpha value is -2.28. The fourth-order valence-electron chi connectivity index (χ4n) is 1.85. The van der Waals surface area contributed by atoms with E-state index in [4.69, 9.17) is 0 Å². The molecule has 0 saturated carbocycles. The van der Waals surface area contributed by atoms with Crippen LogP contribution in [-0.4, -0.2) is 25.7 Å². The lowest BCUT2D eigenvalue weighted by Gasteiger charge is -2.08. The average Bonchev–Trinajstić information content (AvgIpc) is 3.02. The molecule has 0 aliphatic rings. The van der Waals surface area contributed by atoms with Crippen LogP contribution >= 0.6 is 11.3 Å². The van der Waals surface area contributed by atoms with Gasteiger partial charge in [0.15, 0.2) is 5.82 Å². The van der Waals surface area contributed by atoms with Gasteiger partial charge in [0.2, 0.25) is 10.9 Å². The van der Waals surface area contributed by atoms with Crippen LogP contribution in [0.15, 0.2) is 24.3 Å². The van der Waals surface area contributed by atoms with Crippen molar-refractivity contribution in [1.29, 1.82) is 0 Å². The monoisotopic (exact) mass is 301 g/mol. The second kappa shape index (κ2) is 5.25. The SMILES string of the molecule is Cc1nnc2sc(-c3cccc(NC(=O)C(C)C)c3)nn12. The maximum atomic E-state index is 11.8. The highest BCUT2D eigenvalue weighted by atomic mass is 32.1. The molecule has 1 N–H and O–H groups in total. The molecule has 0 aliphatic carbocycles. The fraction of sp³-hybridized carbons (Fsp3) is 0.286. The number of nitrogens with zero attached hydrogens (tertiary/aromatic N) is 4. The minimum atomic E-state index is -0.0504. The van der Waals surface area contributed by atoms with Gasteiger partial charge in [-0.3, -0.25) is 4.79 Å². The van der Waals surface area contributed by atoms with Gasteiger partial charge < -0.3 is 5.32 Å². The lowest BCUT2D eigenvalue weighted by molar-refractivity contribution is -0.118. The molecule has 1 aromatic carbocycles. The Balaban J connectivity index is 1.93. The van der Waals surface area contributed by atoms with E-state index in [0.717, 1.165) is 27.0 Å². The smallest absolute Gasteiger partial charge is 0.234 e. The molecule has 108 valence electrons. The summed E-state index contributed by atoms with van der Waals surface area (Å²) in [6.07, 6.45) is 0. The molecule has 0 bridgehead atoms. The highest BCUT2D eigenvalue weighted by Crippen LogP contribution is 2.27. The summed E-state index contributed by atoms with van der Waals surface area (Å²) in [6, 6.07) is 7.66. The van der Waals surface area contributed by atoms with Crippen molar-refractivity contribution in [1.82, 2.24) is 19.8 Å². The van der Waals surface area contributed by atoms with Gasteiger partial charge in [0, 0.05) is 17.2 Å². The van der Waals surface area contributed by atoms with Crippen molar-refractivity contribution in [2.75, 3.05) is 5.32 Å². The molecule has 0 unspecified atom stereocenters. The van der Waals surface area contributed by atoms with Crippen LogP contribution in [0.1, 0.15) is 19.7 Å². The van der Waals surface area contributed by atoms with Crippen LogP contribution in [0.25, 0.3) is 15.5 Å². The third-order valence-electron chi connectivity index (χ3n) is 3.05. The molecule has 3 rings (SSSR count). The molecule has 7 heteroatoms. The van der Waals surface area contributed by atoms with Crippen LogP contribution in [0.2, 0.25) is 0 Å². The van der Waals surface area contributed by atoms with Crippen LogP contribution in [0.5, 0.6) is 0 Å². The summed E-state index contributed by atoms with van der Waals surface area (Å²) < 4.78 is 1.72. The predicted octanol–water partition coefficient (Wildman–Crippen LogP) is 2.76. The topological polar surface area (TPSA) is 72.2 Å². The number of nitrogens with one attached hydrogen (secondary N) is 1. The van der Waals surface area contributed by atoms with Crippen molar-refractivity contribution in [3.63, 3.8) is 0 Å². The summed E-state index contributed by atoms with van der Waals surface area (Å²) in [5, 5.41) is 16.3. The van der Waals surface area contributed by atoms with E-state index in [1.165, 1.54) is 11.3 Å². The number of hydrogen-bond donors (Lipinski definition) is 1. The van der Waals surface area contributed by atoms with Gasteiger partial charge in [-0.05, 0) is 19.1 Å². The van der Waals surface area contributed by atoms with Gasteiger partial charge in [0.25, 0.3) is 0 Å². The van der Waals surface area contributed by atoms with Crippen molar-refractivity contribution < 1.29 is 4.79 Å². The second-order valence-electron chi connectivity index (χ2n) is 5.07. The maximum absolute atomic E-state index is 11.8. The van der Waals surface area contributed by atoms with Gasteiger partial charge >= 0.3 is 0 Å². The standard InChI is InChI=1S/C14H15N5OS/c1-8(2)12(20)15-11-6-4-5-10(7-11)13-18-19-9(3)16-17-14(19)21-13/h4-8H,1-3H3,(H,15,20). The number of rotatable bonds is 3. The molecule has 0 radical (unpaired) electrons. The molecule has 0 saturated heterocycles. The van der Waals surface area contributed by atoms with E-state index in [0.29, 0.717) is 0 Å². The van der Waals surface area contributed by atoms with Crippen LogP contribution in [0, 0.1) is 12.8 Å². The molecule has 2 heterocycles. The highest BCUT2D eigenvalue weighted by Gasteiger charge is 2.12. The fourth-order valence-corrected chi connectivity index (χ4v) is 2.73. The minimum Gasteiger partial charge on any atom is -0.326 e. The first-order valence-corrected chi connectivity index (χ1v) is 7.46. The number of hydrogen-bond acceptors (Lipinski definition) is 5. The van der Waals surface area contributed by atoms with Crippen LogP contribution in [-0.2, 0) is 4.79 Å². The third kappa shape index (κ3) is 2.64. The number of carbonyl (C=O) groups excluding carboxylic acids is 1. The zero-order chi connectivity index (χ0) is 15.0. The second-order valence-corrected chi connectivity index (χ2v) is 6.03. The summed E-state index contributed by atoms with van der Waals surface area (Å²) in [5.74, 6) is 0.712. The van der Waals surface area contributed by atoms with E-state index >= 15 is 0 Å². The molecule has 21 heavy (non-hydrogen) atoms. The maximum Gasteiger partial charge on any atom is 0.234 e. The van der Waals surface area contributed by atoms with E-state index in [1.54, 1.807) is 4.52 Å². The number of aromatic nitrogens is 4. The van der Waals surface area contributed by atoms with E-state index in [1.807, 2.05) is 45.0 Å². The summed E-state index contributed by atoms with van der Waals surface area (Å²) in [7, 11) is 0. The van der Waals surface area contributed by atoms with Crippen molar-refractivity contribution in [2.45, 2.75) is 20.8 Å². The van der Waals surface area contributed by atoms with Gasteiger partial charge in [-0.1, -0.05) is 37.3 Å². The first-order chi connectivity index (χ1) is 10.0. The average molecular weight is 301 g/mol. The normalized spacial score (nSPS) is 11.2. The van der Waals surface area contributed by atoms with Crippen molar-refractivity contribution >= 4 is 27.9 Å². The molecule has 1 amide bonds. The van der Waals surface area contributed by atoms with Crippen molar-refractivity contribution in [2.24, 2.45) is 5.92 Å². The molecule has 0 atom stereocenters. The zero-order valence-electron chi connectivity index (χ0n) is 12.0. The first kappa shape index (κ1) is 13.7. The number of aryl methyl sites for hydroxylation is 1. The summed E-state index contributed by atoms with van der Waals surface area (Å²) in [5.41, 5.74) is 1.72. The Kier molecular flexibility index (Phi) is 3.42. The summed E-state index contributed by atoms with van der Waals surface area (Å²) in [6.45, 7) is 5.60. The molecule has 2 aromatic heterocycles. The third-order valence-corrected chi connectivity index (χ3v) is 4.00.